The second-order valence-electron chi connectivity index (χ2n) is 4.89. The summed E-state index contributed by atoms with van der Waals surface area (Å²) in [5, 5.41) is 29.0. The Morgan fingerprint density at radius 2 is 1.70 bits per heavy atom. The number of hydrogen-bond donors (Lipinski definition) is 4. The lowest BCUT2D eigenvalue weighted by atomic mass is 9.95. The lowest BCUT2D eigenvalue weighted by Gasteiger charge is -2.39. The molecule has 9 heteroatoms. The fourth-order valence-corrected chi connectivity index (χ4v) is 2.73. The molecule has 120 valence electrons. The van der Waals surface area contributed by atoms with E-state index in [4.69, 9.17) is 14.0 Å². The molecule has 1 rings (SSSR count). The van der Waals surface area contributed by atoms with Gasteiger partial charge in [-0.2, -0.15) is 8.42 Å². The van der Waals surface area contributed by atoms with Gasteiger partial charge in [-0.25, -0.2) is 0 Å². The molecule has 0 bridgehead atoms. The maximum atomic E-state index is 10.5. The van der Waals surface area contributed by atoms with Crippen LogP contribution in [-0.2, 0) is 19.6 Å². The third-order valence-electron chi connectivity index (χ3n) is 3.29. The second kappa shape index (κ2) is 7.64. The highest BCUT2D eigenvalue weighted by Gasteiger charge is 2.43. The molecule has 0 spiro atoms. The number of hydrogen-bond acceptors (Lipinski definition) is 7. The molecule has 1 saturated heterocycles. The van der Waals surface area contributed by atoms with Gasteiger partial charge in [0.05, 0.1) is 11.9 Å². The Balaban J connectivity index is 2.35. The SMILES string of the molecule is CO[C@H]1O[C@H](CCCCCS(=O)(=O)O)[C@@H](O)[C@H](O)[C@H]1O. The molecule has 1 fully saturated rings. The van der Waals surface area contributed by atoms with Gasteiger partial charge in [-0.15, -0.1) is 0 Å². The summed E-state index contributed by atoms with van der Waals surface area (Å²) in [5.41, 5.74) is 0. The van der Waals surface area contributed by atoms with Crippen LogP contribution in [0.25, 0.3) is 0 Å². The van der Waals surface area contributed by atoms with Gasteiger partial charge in [-0.1, -0.05) is 12.8 Å². The van der Waals surface area contributed by atoms with Crippen LogP contribution >= 0.6 is 0 Å². The van der Waals surface area contributed by atoms with Gasteiger partial charge in [0, 0.05) is 7.11 Å². The summed E-state index contributed by atoms with van der Waals surface area (Å²) in [5.74, 6) is -0.302. The maximum Gasteiger partial charge on any atom is 0.264 e. The molecule has 0 unspecified atom stereocenters. The third kappa shape index (κ3) is 5.24. The van der Waals surface area contributed by atoms with Crippen molar-refractivity contribution in [1.82, 2.24) is 0 Å². The van der Waals surface area contributed by atoms with E-state index in [0.717, 1.165) is 0 Å². The van der Waals surface area contributed by atoms with Crippen LogP contribution in [0.4, 0.5) is 0 Å². The van der Waals surface area contributed by atoms with Crippen LogP contribution in [0.3, 0.4) is 0 Å². The van der Waals surface area contributed by atoms with Crippen LogP contribution in [0.1, 0.15) is 25.7 Å². The molecule has 0 amide bonds. The smallest absolute Gasteiger partial charge is 0.264 e. The fourth-order valence-electron chi connectivity index (χ4n) is 2.16. The lowest BCUT2D eigenvalue weighted by molar-refractivity contribution is -0.290. The summed E-state index contributed by atoms with van der Waals surface area (Å²) >= 11 is 0. The van der Waals surface area contributed by atoms with Gasteiger partial charge in [0.25, 0.3) is 10.1 Å². The van der Waals surface area contributed by atoms with Crippen molar-refractivity contribution < 1.29 is 37.8 Å². The van der Waals surface area contributed by atoms with Gasteiger partial charge in [0.2, 0.25) is 0 Å². The Labute approximate surface area is 118 Å². The molecular formula is C11H22O8S. The molecular weight excluding hydrogens is 292 g/mol. The van der Waals surface area contributed by atoms with Crippen molar-refractivity contribution in [2.24, 2.45) is 0 Å². The molecule has 1 heterocycles. The Bertz CT molecular complexity index is 382. The van der Waals surface area contributed by atoms with Crippen molar-refractivity contribution in [2.75, 3.05) is 12.9 Å². The molecule has 8 nitrogen and oxygen atoms in total. The van der Waals surface area contributed by atoms with Gasteiger partial charge in [0.1, 0.15) is 18.3 Å². The topological polar surface area (TPSA) is 134 Å². The maximum absolute atomic E-state index is 10.5. The highest BCUT2D eigenvalue weighted by atomic mass is 32.2. The first-order chi connectivity index (χ1) is 9.26. The summed E-state index contributed by atoms with van der Waals surface area (Å²) in [6, 6.07) is 0. The van der Waals surface area contributed by atoms with Crippen molar-refractivity contribution in [3.8, 4) is 0 Å². The van der Waals surface area contributed by atoms with E-state index in [1.807, 2.05) is 0 Å². The summed E-state index contributed by atoms with van der Waals surface area (Å²) in [4.78, 5) is 0. The van der Waals surface area contributed by atoms with Crippen LogP contribution in [0.15, 0.2) is 0 Å². The Hall–Kier alpha value is -0.290. The van der Waals surface area contributed by atoms with Crippen molar-refractivity contribution in [3.05, 3.63) is 0 Å². The van der Waals surface area contributed by atoms with Crippen LogP contribution in [-0.4, -0.2) is 71.9 Å². The van der Waals surface area contributed by atoms with Crippen LogP contribution in [0.5, 0.6) is 0 Å². The normalized spacial score (nSPS) is 35.1. The molecule has 0 aromatic rings. The van der Waals surface area contributed by atoms with Crippen LogP contribution in [0.2, 0.25) is 0 Å². The quantitative estimate of drug-likeness (QED) is 0.343. The lowest BCUT2D eigenvalue weighted by Crippen LogP contribution is -2.57. The number of aliphatic hydroxyl groups is 3. The van der Waals surface area contributed by atoms with E-state index in [0.29, 0.717) is 25.7 Å². The Kier molecular flexibility index (Phi) is 6.79. The number of aliphatic hydroxyl groups excluding tert-OH is 3. The Morgan fingerprint density at radius 1 is 1.05 bits per heavy atom. The zero-order chi connectivity index (χ0) is 15.3. The van der Waals surface area contributed by atoms with E-state index in [1.54, 1.807) is 0 Å². The molecule has 0 aromatic carbocycles. The zero-order valence-electron chi connectivity index (χ0n) is 11.3. The summed E-state index contributed by atoms with van der Waals surface area (Å²) in [6.07, 6.45) is -3.81. The van der Waals surface area contributed by atoms with Gasteiger partial charge >= 0.3 is 0 Å². The number of methoxy groups -OCH3 is 1. The summed E-state index contributed by atoms with van der Waals surface area (Å²) in [7, 11) is -2.62. The highest BCUT2D eigenvalue weighted by Crippen LogP contribution is 2.25. The molecule has 20 heavy (non-hydrogen) atoms. The zero-order valence-corrected chi connectivity index (χ0v) is 12.1. The third-order valence-corrected chi connectivity index (χ3v) is 4.10. The second-order valence-corrected chi connectivity index (χ2v) is 6.46. The average Bonchev–Trinajstić information content (AvgIpc) is 2.37. The highest BCUT2D eigenvalue weighted by molar-refractivity contribution is 7.85. The number of ether oxygens (including phenoxy) is 2. The van der Waals surface area contributed by atoms with Crippen molar-refractivity contribution >= 4 is 10.1 Å². The van der Waals surface area contributed by atoms with E-state index in [2.05, 4.69) is 0 Å². The van der Waals surface area contributed by atoms with E-state index in [9.17, 15) is 23.7 Å². The van der Waals surface area contributed by atoms with E-state index < -0.39 is 40.8 Å². The fraction of sp³-hybridized carbons (Fsp3) is 1.00. The molecule has 0 aliphatic carbocycles. The monoisotopic (exact) mass is 314 g/mol. The molecule has 0 saturated carbocycles. The molecule has 0 radical (unpaired) electrons. The van der Waals surface area contributed by atoms with Crippen LogP contribution in [0, 0.1) is 0 Å². The van der Waals surface area contributed by atoms with Gasteiger partial charge in [-0.05, 0) is 12.8 Å². The first-order valence-corrected chi connectivity index (χ1v) is 8.05. The molecule has 5 atom stereocenters. The summed E-state index contributed by atoms with van der Waals surface area (Å²) in [6.45, 7) is 0. The molecule has 4 N–H and O–H groups in total. The summed E-state index contributed by atoms with van der Waals surface area (Å²) < 4.78 is 39.8. The van der Waals surface area contributed by atoms with Gasteiger partial charge < -0.3 is 24.8 Å². The molecule has 1 aliphatic heterocycles. The minimum absolute atomic E-state index is 0.302. The van der Waals surface area contributed by atoms with Crippen molar-refractivity contribution in [2.45, 2.75) is 56.4 Å². The number of unbranched alkanes of at least 4 members (excludes halogenated alkanes) is 2. The first-order valence-electron chi connectivity index (χ1n) is 6.44. The first kappa shape index (κ1) is 17.8. The standard InChI is InChI=1S/C11H22O8S/c1-18-11-10(14)9(13)8(12)7(19-11)5-3-2-4-6-20(15,16)17/h7-14H,2-6H2,1H3,(H,15,16,17)/t7-,8-,9+,10-,11+/m1/s1. The Morgan fingerprint density at radius 3 is 2.25 bits per heavy atom. The molecule has 1 aliphatic rings. The predicted molar refractivity (Wildman–Crippen MR) is 68.6 cm³/mol. The van der Waals surface area contributed by atoms with E-state index in [-0.39, 0.29) is 5.75 Å². The van der Waals surface area contributed by atoms with Gasteiger partial charge in [0.15, 0.2) is 6.29 Å². The number of rotatable bonds is 7. The minimum atomic E-state index is -3.94. The van der Waals surface area contributed by atoms with Crippen LogP contribution < -0.4 is 0 Å². The van der Waals surface area contributed by atoms with E-state index >= 15 is 0 Å². The minimum Gasteiger partial charge on any atom is -0.388 e. The van der Waals surface area contributed by atoms with Gasteiger partial charge in [-0.3, -0.25) is 4.55 Å². The largest absolute Gasteiger partial charge is 0.388 e. The predicted octanol–water partition coefficient (Wildman–Crippen LogP) is -1.11. The molecule has 0 aromatic heterocycles. The average molecular weight is 314 g/mol. The van der Waals surface area contributed by atoms with Crippen molar-refractivity contribution in [1.29, 1.82) is 0 Å². The van der Waals surface area contributed by atoms with E-state index in [1.165, 1.54) is 7.11 Å². The van der Waals surface area contributed by atoms with Crippen molar-refractivity contribution in [3.63, 3.8) is 0 Å².